The highest BCUT2D eigenvalue weighted by Crippen LogP contribution is 2.33. The van der Waals surface area contributed by atoms with Crippen LogP contribution in [0, 0.1) is 0 Å². The molecule has 0 saturated carbocycles. The summed E-state index contributed by atoms with van der Waals surface area (Å²) in [4.78, 5) is 23.8. The summed E-state index contributed by atoms with van der Waals surface area (Å²) in [5.41, 5.74) is -2.09. The molecule has 0 aliphatic carbocycles. The summed E-state index contributed by atoms with van der Waals surface area (Å²) in [7, 11) is 1.43. The maximum atomic E-state index is 13.0. The minimum Gasteiger partial charge on any atom is -0.371 e. The predicted molar refractivity (Wildman–Crippen MR) is 106 cm³/mol. The van der Waals surface area contributed by atoms with Crippen molar-refractivity contribution in [2.45, 2.75) is 30.7 Å². The molecule has 1 amide bonds. The number of aromatic nitrogens is 4. The lowest BCUT2D eigenvalue weighted by atomic mass is 10.2. The molecular formula is C18H16F6N6OS. The number of fused-ring (bicyclic) bond motifs is 1. The summed E-state index contributed by atoms with van der Waals surface area (Å²) in [6, 6.07) is 0.738. The molecule has 0 fully saturated rings. The Kier molecular flexibility index (Phi) is 6.53. The molecule has 0 aliphatic heterocycles. The molecule has 3 heterocycles. The fraction of sp³-hybridized carbons (Fsp3) is 0.333. The van der Waals surface area contributed by atoms with E-state index in [2.05, 4.69) is 25.6 Å². The number of nitrogens with one attached hydrogen (secondary N) is 2. The third-order valence-corrected chi connectivity index (χ3v) is 5.15. The van der Waals surface area contributed by atoms with Crippen LogP contribution in [0.15, 0.2) is 29.7 Å². The highest BCUT2D eigenvalue weighted by atomic mass is 32.2. The van der Waals surface area contributed by atoms with Gasteiger partial charge in [-0.05, 0) is 11.8 Å². The third-order valence-electron chi connectivity index (χ3n) is 4.16. The van der Waals surface area contributed by atoms with Gasteiger partial charge in [0.1, 0.15) is 10.8 Å². The number of imidazole rings is 1. The molecular weight excluding hydrogens is 462 g/mol. The van der Waals surface area contributed by atoms with Crippen LogP contribution in [0.2, 0.25) is 0 Å². The Bertz CT molecular complexity index is 1140. The number of anilines is 2. The van der Waals surface area contributed by atoms with E-state index in [-0.39, 0.29) is 29.3 Å². The van der Waals surface area contributed by atoms with Crippen molar-refractivity contribution in [2.75, 3.05) is 23.4 Å². The van der Waals surface area contributed by atoms with E-state index in [4.69, 9.17) is 0 Å². The van der Waals surface area contributed by atoms with Crippen LogP contribution in [-0.2, 0) is 23.6 Å². The van der Waals surface area contributed by atoms with E-state index >= 15 is 0 Å². The normalized spacial score (nSPS) is 12.2. The Morgan fingerprint density at radius 2 is 1.84 bits per heavy atom. The third kappa shape index (κ3) is 5.06. The summed E-state index contributed by atoms with van der Waals surface area (Å²) in [6.07, 6.45) is -7.34. The first-order valence-electron chi connectivity index (χ1n) is 9.05. The molecule has 0 aromatic carbocycles. The zero-order valence-corrected chi connectivity index (χ0v) is 17.4. The van der Waals surface area contributed by atoms with Gasteiger partial charge in [-0.25, -0.2) is 15.0 Å². The van der Waals surface area contributed by atoms with Crippen molar-refractivity contribution >= 4 is 34.8 Å². The van der Waals surface area contributed by atoms with Crippen LogP contribution < -0.4 is 10.6 Å². The van der Waals surface area contributed by atoms with Crippen molar-refractivity contribution < 1.29 is 31.1 Å². The van der Waals surface area contributed by atoms with Crippen LogP contribution in [0.3, 0.4) is 0 Å². The molecule has 0 bridgehead atoms. The molecule has 32 heavy (non-hydrogen) atoms. The van der Waals surface area contributed by atoms with Crippen molar-refractivity contribution in [3.63, 3.8) is 0 Å². The maximum Gasteiger partial charge on any atom is 0.434 e. The molecule has 3 aromatic rings. The van der Waals surface area contributed by atoms with Crippen LogP contribution >= 0.6 is 11.8 Å². The topological polar surface area (TPSA) is 84.2 Å². The molecule has 2 N–H and O–H groups in total. The first-order chi connectivity index (χ1) is 14.9. The first-order valence-corrected chi connectivity index (χ1v) is 10.0. The average Bonchev–Trinajstić information content (AvgIpc) is 3.03. The van der Waals surface area contributed by atoms with Crippen LogP contribution in [0.1, 0.15) is 23.9 Å². The van der Waals surface area contributed by atoms with Gasteiger partial charge in [-0.2, -0.15) is 26.3 Å². The smallest absolute Gasteiger partial charge is 0.371 e. The van der Waals surface area contributed by atoms with Crippen LogP contribution in [0.25, 0.3) is 5.65 Å². The van der Waals surface area contributed by atoms with E-state index in [1.807, 2.05) is 0 Å². The van der Waals surface area contributed by atoms with Gasteiger partial charge >= 0.3 is 12.4 Å². The molecule has 172 valence electrons. The summed E-state index contributed by atoms with van der Waals surface area (Å²) in [6.45, 7) is 1.77. The zero-order chi connectivity index (χ0) is 23.7. The second kappa shape index (κ2) is 8.84. The Balaban J connectivity index is 1.92. The molecule has 0 unspecified atom stereocenters. The number of alkyl halides is 6. The number of hydrogen-bond donors (Lipinski definition) is 2. The molecule has 0 atom stereocenters. The highest BCUT2D eigenvalue weighted by molar-refractivity contribution is 7.99. The van der Waals surface area contributed by atoms with E-state index in [1.54, 1.807) is 6.92 Å². The largest absolute Gasteiger partial charge is 0.434 e. The minimum absolute atomic E-state index is 0.0172. The first kappa shape index (κ1) is 23.6. The quantitative estimate of drug-likeness (QED) is 0.401. The van der Waals surface area contributed by atoms with Gasteiger partial charge in [-0.1, -0.05) is 6.92 Å². The fourth-order valence-electron chi connectivity index (χ4n) is 2.79. The van der Waals surface area contributed by atoms with Gasteiger partial charge in [0.15, 0.2) is 11.3 Å². The van der Waals surface area contributed by atoms with Gasteiger partial charge in [-0.3, -0.25) is 9.20 Å². The van der Waals surface area contributed by atoms with Gasteiger partial charge in [-0.15, -0.1) is 11.8 Å². The molecule has 14 heteroatoms. The standard InChI is InChI=1S/C18H16F6N6OS/c1-3-32-16-11(28-13-7-26-12(8-30(13)16)18(22,23)24)5-14(31)29-10-4-9(17(19,20)21)6-27-15(10)25-2/h4,6-8H,3,5H2,1-2H3,(H,25,27)(H,29,31). The van der Waals surface area contributed by atoms with Crippen molar-refractivity contribution in [1.29, 1.82) is 0 Å². The molecule has 3 rings (SSSR count). The number of rotatable bonds is 6. The summed E-state index contributed by atoms with van der Waals surface area (Å²) >= 11 is 1.17. The Hall–Kier alpha value is -3.03. The number of thioether (sulfide) groups is 1. The fourth-order valence-corrected chi connectivity index (χ4v) is 3.64. The number of carbonyl (C=O) groups excluding carboxylic acids is 1. The number of carbonyl (C=O) groups is 1. The van der Waals surface area contributed by atoms with Gasteiger partial charge in [0.2, 0.25) is 5.91 Å². The monoisotopic (exact) mass is 478 g/mol. The summed E-state index contributed by atoms with van der Waals surface area (Å²) < 4.78 is 79.2. The summed E-state index contributed by atoms with van der Waals surface area (Å²) in [5, 5.41) is 5.25. The van der Waals surface area contributed by atoms with Gasteiger partial charge in [0, 0.05) is 19.4 Å². The molecule has 3 aromatic heterocycles. The van der Waals surface area contributed by atoms with Crippen molar-refractivity contribution in [3.8, 4) is 0 Å². The number of halogens is 6. The molecule has 7 nitrogen and oxygen atoms in total. The van der Waals surface area contributed by atoms with Crippen LogP contribution in [0.4, 0.5) is 37.8 Å². The predicted octanol–water partition coefficient (Wildman–Crippen LogP) is 4.50. The van der Waals surface area contributed by atoms with E-state index in [0.29, 0.717) is 17.0 Å². The lowest BCUT2D eigenvalue weighted by Gasteiger charge is -2.13. The highest BCUT2D eigenvalue weighted by Gasteiger charge is 2.34. The van der Waals surface area contributed by atoms with Crippen LogP contribution in [-0.4, -0.2) is 38.1 Å². The maximum absolute atomic E-state index is 13.0. The van der Waals surface area contributed by atoms with Crippen molar-refractivity contribution in [2.24, 2.45) is 0 Å². The second-order valence-corrected chi connectivity index (χ2v) is 7.64. The Labute approximate surface area is 181 Å². The molecule has 0 aliphatic rings. The van der Waals surface area contributed by atoms with Crippen LogP contribution in [0.5, 0.6) is 0 Å². The van der Waals surface area contributed by atoms with Crippen molar-refractivity contribution in [3.05, 3.63) is 41.6 Å². The van der Waals surface area contributed by atoms with E-state index in [0.717, 1.165) is 18.5 Å². The second-order valence-electron chi connectivity index (χ2n) is 6.39. The van der Waals surface area contributed by atoms with Gasteiger partial charge in [0.05, 0.1) is 29.6 Å². The zero-order valence-electron chi connectivity index (χ0n) is 16.6. The molecule has 0 radical (unpaired) electrons. The van der Waals surface area contributed by atoms with E-state index in [9.17, 15) is 31.1 Å². The Morgan fingerprint density at radius 1 is 1.12 bits per heavy atom. The van der Waals surface area contributed by atoms with E-state index in [1.165, 1.54) is 23.2 Å². The average molecular weight is 478 g/mol. The van der Waals surface area contributed by atoms with Crippen molar-refractivity contribution in [1.82, 2.24) is 19.4 Å². The number of pyridine rings is 1. The molecule has 0 saturated heterocycles. The van der Waals surface area contributed by atoms with Gasteiger partial charge < -0.3 is 10.6 Å². The molecule has 0 spiro atoms. The lowest BCUT2D eigenvalue weighted by molar-refractivity contribution is -0.141. The van der Waals surface area contributed by atoms with Gasteiger partial charge in [0.25, 0.3) is 0 Å². The lowest BCUT2D eigenvalue weighted by Crippen LogP contribution is -2.18. The number of hydrogen-bond acceptors (Lipinski definition) is 6. The Morgan fingerprint density at radius 3 is 2.44 bits per heavy atom. The minimum atomic E-state index is -4.66. The SMILES string of the molecule is CCSc1c(CC(=O)Nc2cc(C(F)(F)F)cnc2NC)nc2cnc(C(F)(F)F)cn12. The number of nitrogens with zero attached hydrogens (tertiary/aromatic N) is 4. The number of amides is 1. The van der Waals surface area contributed by atoms with E-state index < -0.39 is 29.5 Å². The summed E-state index contributed by atoms with van der Waals surface area (Å²) in [5.74, 6) is -0.218.